The van der Waals surface area contributed by atoms with E-state index in [0.29, 0.717) is 22.4 Å². The Morgan fingerprint density at radius 3 is 2.43 bits per heavy atom. The average Bonchev–Trinajstić information content (AvgIpc) is 3.27. The van der Waals surface area contributed by atoms with Crippen molar-refractivity contribution in [2.75, 3.05) is 0 Å². The van der Waals surface area contributed by atoms with E-state index in [2.05, 4.69) is 29.6 Å². The molecule has 0 aromatic heterocycles. The van der Waals surface area contributed by atoms with Gasteiger partial charge in [-0.2, -0.15) is 0 Å². The molecule has 0 unspecified atom stereocenters. The predicted octanol–water partition coefficient (Wildman–Crippen LogP) is 4.82. The monoisotopic (exact) mass is 321 g/mol. The quantitative estimate of drug-likeness (QED) is 0.823. The van der Waals surface area contributed by atoms with Crippen molar-refractivity contribution in [3.63, 3.8) is 0 Å². The van der Waals surface area contributed by atoms with Gasteiger partial charge in [0.25, 0.3) is 0 Å². The van der Waals surface area contributed by atoms with Crippen LogP contribution < -0.4 is 10.1 Å². The van der Waals surface area contributed by atoms with Crippen LogP contribution in [0.5, 0.6) is 5.75 Å². The second-order valence-electron chi connectivity index (χ2n) is 5.37. The van der Waals surface area contributed by atoms with Crippen molar-refractivity contribution in [3.8, 4) is 5.75 Å². The zero-order chi connectivity index (χ0) is 14.7. The van der Waals surface area contributed by atoms with E-state index in [0.717, 1.165) is 18.2 Å². The van der Waals surface area contributed by atoms with Gasteiger partial charge in [-0.05, 0) is 42.2 Å². The maximum Gasteiger partial charge on any atom is 0.122 e. The molecule has 0 atom stereocenters. The van der Waals surface area contributed by atoms with Gasteiger partial charge in [-0.25, -0.2) is 0 Å². The van der Waals surface area contributed by atoms with E-state index < -0.39 is 0 Å². The fraction of sp³-hybridized carbons (Fsp3) is 0.294. The van der Waals surface area contributed by atoms with Crippen molar-refractivity contribution in [3.05, 3.63) is 63.6 Å². The normalized spacial score (nSPS) is 14.2. The number of ether oxygens (including phenoxy) is 1. The lowest BCUT2D eigenvalue weighted by Gasteiger charge is -2.09. The van der Waals surface area contributed by atoms with Crippen LogP contribution in [0.4, 0.5) is 0 Å². The summed E-state index contributed by atoms with van der Waals surface area (Å²) in [5.41, 5.74) is 2.42. The first-order chi connectivity index (χ1) is 10.2. The number of benzene rings is 2. The Bertz CT molecular complexity index is 606. The van der Waals surface area contributed by atoms with Crippen molar-refractivity contribution >= 4 is 23.2 Å². The molecule has 1 N–H and O–H groups in total. The van der Waals surface area contributed by atoms with Crippen LogP contribution in [0.1, 0.15) is 24.0 Å². The minimum Gasteiger partial charge on any atom is -0.489 e. The summed E-state index contributed by atoms with van der Waals surface area (Å²) in [4.78, 5) is 0. The highest BCUT2D eigenvalue weighted by molar-refractivity contribution is 6.34. The second kappa shape index (κ2) is 6.69. The molecule has 21 heavy (non-hydrogen) atoms. The van der Waals surface area contributed by atoms with Gasteiger partial charge < -0.3 is 10.1 Å². The van der Waals surface area contributed by atoms with Crippen LogP contribution in [-0.2, 0) is 13.2 Å². The molecule has 1 aliphatic carbocycles. The summed E-state index contributed by atoms with van der Waals surface area (Å²) >= 11 is 11.9. The zero-order valence-corrected chi connectivity index (χ0v) is 13.1. The van der Waals surface area contributed by atoms with Gasteiger partial charge in [-0.15, -0.1) is 0 Å². The van der Waals surface area contributed by atoms with Crippen LogP contribution in [0.3, 0.4) is 0 Å². The first-order valence-electron chi connectivity index (χ1n) is 7.09. The van der Waals surface area contributed by atoms with Crippen molar-refractivity contribution in [1.82, 2.24) is 5.32 Å². The average molecular weight is 322 g/mol. The van der Waals surface area contributed by atoms with Gasteiger partial charge in [0.05, 0.1) is 0 Å². The number of hydrogen-bond donors (Lipinski definition) is 1. The van der Waals surface area contributed by atoms with Gasteiger partial charge in [0.15, 0.2) is 0 Å². The van der Waals surface area contributed by atoms with Gasteiger partial charge in [-0.1, -0.05) is 47.5 Å². The van der Waals surface area contributed by atoms with E-state index in [1.54, 1.807) is 18.2 Å². The maximum atomic E-state index is 5.96. The van der Waals surface area contributed by atoms with E-state index >= 15 is 0 Å². The van der Waals surface area contributed by atoms with Gasteiger partial charge >= 0.3 is 0 Å². The topological polar surface area (TPSA) is 21.3 Å². The van der Waals surface area contributed by atoms with Gasteiger partial charge in [0.1, 0.15) is 12.4 Å². The molecule has 0 saturated heterocycles. The Morgan fingerprint density at radius 1 is 1.00 bits per heavy atom. The van der Waals surface area contributed by atoms with E-state index in [1.165, 1.54) is 18.4 Å². The van der Waals surface area contributed by atoms with E-state index in [-0.39, 0.29) is 0 Å². The molecule has 0 spiro atoms. The lowest BCUT2D eigenvalue weighted by molar-refractivity contribution is 0.306. The Labute approximate surface area is 135 Å². The van der Waals surface area contributed by atoms with Crippen LogP contribution in [0, 0.1) is 0 Å². The van der Waals surface area contributed by atoms with Crippen LogP contribution in [0.15, 0.2) is 42.5 Å². The molecule has 0 aliphatic heterocycles. The highest BCUT2D eigenvalue weighted by Crippen LogP contribution is 2.25. The molecule has 0 bridgehead atoms. The highest BCUT2D eigenvalue weighted by atomic mass is 35.5. The molecule has 2 aromatic carbocycles. The SMILES string of the molecule is Clc1cc(Cl)cc(OCc2cccc(CNC3CC3)c2)c1. The Hall–Kier alpha value is -1.22. The zero-order valence-electron chi connectivity index (χ0n) is 11.6. The van der Waals surface area contributed by atoms with Gasteiger partial charge in [0, 0.05) is 22.6 Å². The first kappa shape index (κ1) is 14.7. The summed E-state index contributed by atoms with van der Waals surface area (Å²) < 4.78 is 5.76. The van der Waals surface area contributed by atoms with Crippen LogP contribution in [-0.4, -0.2) is 6.04 Å². The fourth-order valence-corrected chi connectivity index (χ4v) is 2.66. The molecular weight excluding hydrogens is 305 g/mol. The number of hydrogen-bond acceptors (Lipinski definition) is 2. The molecule has 0 heterocycles. The van der Waals surface area contributed by atoms with E-state index in [9.17, 15) is 0 Å². The van der Waals surface area contributed by atoms with E-state index in [1.807, 2.05) is 0 Å². The summed E-state index contributed by atoms with van der Waals surface area (Å²) in [6.07, 6.45) is 2.61. The molecule has 110 valence electrons. The lowest BCUT2D eigenvalue weighted by Crippen LogP contribution is -2.15. The number of halogens is 2. The summed E-state index contributed by atoms with van der Waals surface area (Å²) in [5, 5.41) is 4.68. The molecular formula is C17H17Cl2NO. The molecule has 3 rings (SSSR count). The van der Waals surface area contributed by atoms with Crippen molar-refractivity contribution in [1.29, 1.82) is 0 Å². The molecule has 0 radical (unpaired) electrons. The molecule has 0 amide bonds. The molecule has 1 fully saturated rings. The third-order valence-corrected chi connectivity index (χ3v) is 3.84. The first-order valence-corrected chi connectivity index (χ1v) is 7.85. The van der Waals surface area contributed by atoms with Crippen LogP contribution in [0.25, 0.3) is 0 Å². The Morgan fingerprint density at radius 2 is 1.71 bits per heavy atom. The van der Waals surface area contributed by atoms with Gasteiger partial charge in [0.2, 0.25) is 0 Å². The van der Waals surface area contributed by atoms with Gasteiger partial charge in [-0.3, -0.25) is 0 Å². The van der Waals surface area contributed by atoms with Crippen molar-refractivity contribution in [2.45, 2.75) is 32.0 Å². The Kier molecular flexibility index (Phi) is 4.69. The summed E-state index contributed by atoms with van der Waals surface area (Å²) in [5.74, 6) is 0.689. The standard InChI is InChI=1S/C17H17Cl2NO/c18-14-7-15(19)9-17(8-14)21-11-13-3-1-2-12(6-13)10-20-16-4-5-16/h1-3,6-9,16,20H,4-5,10-11H2. The molecule has 2 aromatic rings. The summed E-state index contributed by atoms with van der Waals surface area (Å²) in [6, 6.07) is 14.4. The maximum absolute atomic E-state index is 5.96. The summed E-state index contributed by atoms with van der Waals surface area (Å²) in [6.45, 7) is 1.43. The van der Waals surface area contributed by atoms with Crippen LogP contribution in [0.2, 0.25) is 10.0 Å². The minimum atomic E-state index is 0.508. The van der Waals surface area contributed by atoms with Crippen molar-refractivity contribution < 1.29 is 4.74 Å². The van der Waals surface area contributed by atoms with Crippen molar-refractivity contribution in [2.24, 2.45) is 0 Å². The smallest absolute Gasteiger partial charge is 0.122 e. The highest BCUT2D eigenvalue weighted by Gasteiger charge is 2.19. The number of nitrogens with one attached hydrogen (secondary N) is 1. The minimum absolute atomic E-state index is 0.508. The fourth-order valence-electron chi connectivity index (χ4n) is 2.16. The lowest BCUT2D eigenvalue weighted by atomic mass is 10.1. The largest absolute Gasteiger partial charge is 0.489 e. The molecule has 4 heteroatoms. The molecule has 1 saturated carbocycles. The van der Waals surface area contributed by atoms with Crippen LogP contribution >= 0.6 is 23.2 Å². The predicted molar refractivity (Wildman–Crippen MR) is 87.1 cm³/mol. The molecule has 1 aliphatic rings. The molecule has 2 nitrogen and oxygen atoms in total. The third-order valence-electron chi connectivity index (χ3n) is 3.41. The van der Waals surface area contributed by atoms with E-state index in [4.69, 9.17) is 27.9 Å². The third kappa shape index (κ3) is 4.63. The Balaban J connectivity index is 1.59. The number of rotatable bonds is 6. The second-order valence-corrected chi connectivity index (χ2v) is 6.24. The summed E-state index contributed by atoms with van der Waals surface area (Å²) in [7, 11) is 0.